The Kier molecular flexibility index (Phi) is 4.76. The average Bonchev–Trinajstić information content (AvgIpc) is 2.67. The molecule has 1 N–H and O–H groups in total. The van der Waals surface area contributed by atoms with Gasteiger partial charge in [0.05, 0.1) is 0 Å². The fraction of sp³-hybridized carbons (Fsp3) is 0.111. The summed E-state index contributed by atoms with van der Waals surface area (Å²) in [5, 5.41) is 3.11. The van der Waals surface area contributed by atoms with Crippen LogP contribution in [0.4, 0.5) is 11.6 Å². The summed E-state index contributed by atoms with van der Waals surface area (Å²) in [6, 6.07) is 14.9. The molecule has 0 fully saturated rings. The molecule has 0 saturated carbocycles. The maximum Gasteiger partial charge on any atom is 0.276 e. The Morgan fingerprint density at radius 3 is 2.54 bits per heavy atom. The van der Waals surface area contributed by atoms with Crippen LogP contribution >= 0.6 is 0 Å². The van der Waals surface area contributed by atoms with Gasteiger partial charge < -0.3 is 10.2 Å². The Bertz CT molecular complexity index is 808. The molecule has 6 heteroatoms. The smallest absolute Gasteiger partial charge is 0.276 e. The first-order valence-electron chi connectivity index (χ1n) is 7.53. The Morgan fingerprint density at radius 1 is 1.04 bits per heavy atom. The number of carbonyl (C=O) groups excluding carboxylic acids is 1. The van der Waals surface area contributed by atoms with Crippen LogP contribution < -0.4 is 10.2 Å². The first-order valence-corrected chi connectivity index (χ1v) is 7.53. The number of pyridine rings is 1. The lowest BCUT2D eigenvalue weighted by Gasteiger charge is -2.17. The molecule has 0 atom stereocenters. The van der Waals surface area contributed by atoms with Crippen LogP contribution in [0, 0.1) is 0 Å². The van der Waals surface area contributed by atoms with Crippen LogP contribution in [-0.4, -0.2) is 27.9 Å². The lowest BCUT2D eigenvalue weighted by Crippen LogP contribution is -2.27. The normalized spacial score (nSPS) is 10.2. The van der Waals surface area contributed by atoms with Crippen molar-refractivity contribution in [1.29, 1.82) is 0 Å². The Morgan fingerprint density at radius 2 is 1.79 bits per heavy atom. The largest absolute Gasteiger partial charge is 0.350 e. The number of carbonyl (C=O) groups is 1. The van der Waals surface area contributed by atoms with Gasteiger partial charge in [0, 0.05) is 37.9 Å². The molecule has 1 amide bonds. The molecule has 0 aliphatic rings. The molecule has 0 radical (unpaired) electrons. The van der Waals surface area contributed by atoms with Gasteiger partial charge in [0.1, 0.15) is 5.69 Å². The van der Waals surface area contributed by atoms with Crippen LogP contribution in [0.1, 0.15) is 16.1 Å². The first kappa shape index (κ1) is 15.6. The molecule has 0 spiro atoms. The molecule has 0 saturated heterocycles. The topological polar surface area (TPSA) is 71.0 Å². The van der Waals surface area contributed by atoms with Crippen molar-refractivity contribution >= 4 is 17.5 Å². The highest BCUT2D eigenvalue weighted by molar-refractivity contribution is 6.04. The van der Waals surface area contributed by atoms with E-state index in [0.29, 0.717) is 18.2 Å². The number of rotatable bonds is 5. The van der Waals surface area contributed by atoms with E-state index in [1.165, 1.54) is 0 Å². The Labute approximate surface area is 140 Å². The van der Waals surface area contributed by atoms with Gasteiger partial charge in [0.15, 0.2) is 0 Å². The fourth-order valence-electron chi connectivity index (χ4n) is 2.19. The standard InChI is InChI=1S/C18H17N5O/c1-23(15-5-3-2-4-6-15)17(24)16-9-12-20-18(22-16)21-13-14-7-10-19-11-8-14/h2-12H,13H2,1H3,(H,20,21,22). The van der Waals surface area contributed by atoms with E-state index in [9.17, 15) is 4.79 Å². The second kappa shape index (κ2) is 7.32. The minimum Gasteiger partial charge on any atom is -0.350 e. The van der Waals surface area contributed by atoms with Gasteiger partial charge in [0.25, 0.3) is 5.91 Å². The maximum absolute atomic E-state index is 12.6. The van der Waals surface area contributed by atoms with Crippen molar-refractivity contribution in [3.8, 4) is 0 Å². The number of para-hydroxylation sites is 1. The molecule has 0 unspecified atom stereocenters. The molecule has 0 aliphatic heterocycles. The number of nitrogens with zero attached hydrogens (tertiary/aromatic N) is 4. The second-order valence-corrected chi connectivity index (χ2v) is 5.17. The molecule has 2 heterocycles. The lowest BCUT2D eigenvalue weighted by atomic mass is 10.2. The highest BCUT2D eigenvalue weighted by Gasteiger charge is 2.15. The van der Waals surface area contributed by atoms with E-state index < -0.39 is 0 Å². The summed E-state index contributed by atoms with van der Waals surface area (Å²) in [5.74, 6) is 0.231. The van der Waals surface area contributed by atoms with Crippen molar-refractivity contribution < 1.29 is 4.79 Å². The summed E-state index contributed by atoms with van der Waals surface area (Å²) in [5.41, 5.74) is 2.22. The number of benzene rings is 1. The van der Waals surface area contributed by atoms with Crippen LogP contribution in [0.2, 0.25) is 0 Å². The highest BCUT2D eigenvalue weighted by atomic mass is 16.2. The molecule has 120 valence electrons. The number of amides is 1. The summed E-state index contributed by atoms with van der Waals surface area (Å²) in [7, 11) is 1.73. The SMILES string of the molecule is CN(C(=O)c1ccnc(NCc2ccncc2)n1)c1ccccc1. The van der Waals surface area contributed by atoms with Crippen LogP contribution in [0.25, 0.3) is 0 Å². The zero-order valence-corrected chi connectivity index (χ0v) is 13.3. The van der Waals surface area contributed by atoms with E-state index in [2.05, 4.69) is 20.3 Å². The van der Waals surface area contributed by atoms with Gasteiger partial charge >= 0.3 is 0 Å². The minimum atomic E-state index is -0.185. The molecule has 24 heavy (non-hydrogen) atoms. The van der Waals surface area contributed by atoms with E-state index in [1.807, 2.05) is 42.5 Å². The predicted octanol–water partition coefficient (Wildman–Crippen LogP) is 2.76. The Hall–Kier alpha value is -3.28. The van der Waals surface area contributed by atoms with E-state index in [-0.39, 0.29) is 5.91 Å². The van der Waals surface area contributed by atoms with Crippen LogP contribution in [-0.2, 0) is 6.54 Å². The quantitative estimate of drug-likeness (QED) is 0.783. The second-order valence-electron chi connectivity index (χ2n) is 5.17. The summed E-state index contributed by atoms with van der Waals surface area (Å²) >= 11 is 0. The number of anilines is 2. The van der Waals surface area contributed by atoms with Crippen molar-refractivity contribution in [2.45, 2.75) is 6.54 Å². The van der Waals surface area contributed by atoms with Crippen molar-refractivity contribution in [2.24, 2.45) is 0 Å². The third-order valence-electron chi connectivity index (χ3n) is 3.52. The van der Waals surface area contributed by atoms with E-state index in [4.69, 9.17) is 0 Å². The summed E-state index contributed by atoms with van der Waals surface area (Å²) in [6.45, 7) is 0.564. The fourth-order valence-corrected chi connectivity index (χ4v) is 2.19. The number of nitrogens with one attached hydrogen (secondary N) is 1. The van der Waals surface area contributed by atoms with Crippen molar-refractivity contribution in [1.82, 2.24) is 15.0 Å². The number of hydrogen-bond donors (Lipinski definition) is 1. The summed E-state index contributed by atoms with van der Waals surface area (Å²) in [6.07, 6.45) is 5.03. The number of aromatic nitrogens is 3. The molecular weight excluding hydrogens is 302 g/mol. The number of hydrogen-bond acceptors (Lipinski definition) is 5. The van der Waals surface area contributed by atoms with Crippen LogP contribution in [0.5, 0.6) is 0 Å². The Balaban J connectivity index is 1.71. The molecule has 2 aromatic heterocycles. The maximum atomic E-state index is 12.6. The predicted molar refractivity (Wildman–Crippen MR) is 92.8 cm³/mol. The average molecular weight is 319 g/mol. The molecular formula is C18H17N5O. The lowest BCUT2D eigenvalue weighted by molar-refractivity contribution is 0.0988. The van der Waals surface area contributed by atoms with Crippen LogP contribution in [0.15, 0.2) is 67.1 Å². The van der Waals surface area contributed by atoms with Gasteiger partial charge in [-0.3, -0.25) is 9.78 Å². The highest BCUT2D eigenvalue weighted by Crippen LogP contribution is 2.14. The summed E-state index contributed by atoms with van der Waals surface area (Å²) in [4.78, 5) is 26.6. The van der Waals surface area contributed by atoms with E-state index in [0.717, 1.165) is 11.3 Å². The van der Waals surface area contributed by atoms with E-state index in [1.54, 1.807) is 36.6 Å². The van der Waals surface area contributed by atoms with Crippen molar-refractivity contribution in [3.05, 3.63) is 78.4 Å². The van der Waals surface area contributed by atoms with Gasteiger partial charge in [-0.05, 0) is 35.9 Å². The molecule has 0 bridgehead atoms. The van der Waals surface area contributed by atoms with Gasteiger partial charge in [-0.1, -0.05) is 18.2 Å². The van der Waals surface area contributed by atoms with Crippen molar-refractivity contribution in [3.63, 3.8) is 0 Å². The molecule has 1 aromatic carbocycles. The molecule has 0 aliphatic carbocycles. The van der Waals surface area contributed by atoms with E-state index >= 15 is 0 Å². The molecule has 6 nitrogen and oxygen atoms in total. The van der Waals surface area contributed by atoms with Crippen molar-refractivity contribution in [2.75, 3.05) is 17.3 Å². The molecule has 3 aromatic rings. The minimum absolute atomic E-state index is 0.185. The zero-order valence-electron chi connectivity index (χ0n) is 13.3. The van der Waals surface area contributed by atoms with Gasteiger partial charge in [-0.25, -0.2) is 9.97 Å². The third kappa shape index (κ3) is 3.73. The molecule has 3 rings (SSSR count). The summed E-state index contributed by atoms with van der Waals surface area (Å²) < 4.78 is 0. The van der Waals surface area contributed by atoms with Gasteiger partial charge in [-0.2, -0.15) is 0 Å². The third-order valence-corrected chi connectivity index (χ3v) is 3.52. The van der Waals surface area contributed by atoms with Gasteiger partial charge in [-0.15, -0.1) is 0 Å². The first-order chi connectivity index (χ1) is 11.7. The van der Waals surface area contributed by atoms with Crippen LogP contribution in [0.3, 0.4) is 0 Å². The monoisotopic (exact) mass is 319 g/mol. The zero-order chi connectivity index (χ0) is 16.8. The van der Waals surface area contributed by atoms with Gasteiger partial charge in [0.2, 0.25) is 5.95 Å².